The van der Waals surface area contributed by atoms with Gasteiger partial charge < -0.3 is 24.8 Å². The van der Waals surface area contributed by atoms with Crippen molar-refractivity contribution >= 4 is 17.3 Å². The van der Waals surface area contributed by atoms with Crippen LogP contribution in [-0.2, 0) is 13.0 Å². The van der Waals surface area contributed by atoms with Crippen molar-refractivity contribution in [1.29, 1.82) is 0 Å². The SMILES string of the molecule is CN=C(NCc1cc2c(cc1OC(F)F)OCO2)NCC(C)Cc1cccs1. The number of halogens is 2. The molecule has 1 atom stereocenters. The molecule has 2 N–H and O–H groups in total. The van der Waals surface area contributed by atoms with Crippen LogP contribution < -0.4 is 24.8 Å². The van der Waals surface area contributed by atoms with Crippen LogP contribution in [0.2, 0.25) is 0 Å². The minimum atomic E-state index is -2.92. The number of aliphatic imine (C=N–C) groups is 1. The van der Waals surface area contributed by atoms with Crippen LogP contribution in [0.15, 0.2) is 34.6 Å². The average molecular weight is 411 g/mol. The predicted octanol–water partition coefficient (Wildman–Crippen LogP) is 3.62. The highest BCUT2D eigenvalue weighted by Gasteiger charge is 2.20. The number of fused-ring (bicyclic) bond motifs is 1. The van der Waals surface area contributed by atoms with Crippen LogP contribution in [0.1, 0.15) is 17.4 Å². The normalized spacial score (nSPS) is 14.2. The summed E-state index contributed by atoms with van der Waals surface area (Å²) in [6.07, 6.45) is 0.982. The molecule has 28 heavy (non-hydrogen) atoms. The zero-order chi connectivity index (χ0) is 19.9. The van der Waals surface area contributed by atoms with Crippen molar-refractivity contribution in [3.05, 3.63) is 40.1 Å². The van der Waals surface area contributed by atoms with Gasteiger partial charge in [-0.15, -0.1) is 11.3 Å². The highest BCUT2D eigenvalue weighted by atomic mass is 32.1. The number of nitrogens with zero attached hydrogens (tertiary/aromatic N) is 1. The molecule has 0 aliphatic carbocycles. The van der Waals surface area contributed by atoms with Gasteiger partial charge in [-0.2, -0.15) is 8.78 Å². The first-order valence-electron chi connectivity index (χ1n) is 8.89. The Balaban J connectivity index is 1.57. The van der Waals surface area contributed by atoms with E-state index < -0.39 is 6.61 Å². The molecule has 6 nitrogen and oxygen atoms in total. The summed E-state index contributed by atoms with van der Waals surface area (Å²) in [6.45, 7) is 0.282. The maximum atomic E-state index is 12.7. The van der Waals surface area contributed by atoms with E-state index >= 15 is 0 Å². The first kappa shape index (κ1) is 20.2. The molecule has 1 aromatic heterocycles. The fourth-order valence-corrected chi connectivity index (χ4v) is 3.69. The van der Waals surface area contributed by atoms with Crippen LogP contribution >= 0.6 is 11.3 Å². The maximum absolute atomic E-state index is 12.7. The number of thiophene rings is 1. The minimum absolute atomic E-state index is 0.0493. The van der Waals surface area contributed by atoms with Crippen molar-refractivity contribution in [3.63, 3.8) is 0 Å². The van der Waals surface area contributed by atoms with Gasteiger partial charge in [-0.05, 0) is 29.9 Å². The Kier molecular flexibility index (Phi) is 6.91. The number of guanidine groups is 1. The molecule has 2 aromatic rings. The average Bonchev–Trinajstić information content (AvgIpc) is 3.32. The van der Waals surface area contributed by atoms with Gasteiger partial charge in [0, 0.05) is 36.6 Å². The second-order valence-electron chi connectivity index (χ2n) is 6.39. The molecule has 9 heteroatoms. The van der Waals surface area contributed by atoms with E-state index in [0.29, 0.717) is 28.9 Å². The quantitative estimate of drug-likeness (QED) is 0.513. The molecule has 0 saturated heterocycles. The van der Waals surface area contributed by atoms with Gasteiger partial charge in [0.25, 0.3) is 0 Å². The van der Waals surface area contributed by atoms with E-state index in [1.54, 1.807) is 24.5 Å². The highest BCUT2D eigenvalue weighted by molar-refractivity contribution is 7.09. The second kappa shape index (κ2) is 9.59. The number of ether oxygens (including phenoxy) is 3. The number of rotatable bonds is 8. The zero-order valence-electron chi connectivity index (χ0n) is 15.7. The summed E-state index contributed by atoms with van der Waals surface area (Å²) < 4.78 is 40.6. The van der Waals surface area contributed by atoms with Gasteiger partial charge in [-0.25, -0.2) is 0 Å². The number of alkyl halides is 2. The van der Waals surface area contributed by atoms with E-state index in [9.17, 15) is 8.78 Å². The third kappa shape index (κ3) is 5.48. The summed E-state index contributed by atoms with van der Waals surface area (Å²) in [6, 6.07) is 7.23. The van der Waals surface area contributed by atoms with E-state index in [4.69, 9.17) is 9.47 Å². The topological polar surface area (TPSA) is 64.1 Å². The van der Waals surface area contributed by atoms with Crippen molar-refractivity contribution < 1.29 is 23.0 Å². The summed E-state index contributed by atoms with van der Waals surface area (Å²) in [5.41, 5.74) is 0.527. The molecule has 1 aliphatic rings. The second-order valence-corrected chi connectivity index (χ2v) is 7.42. The lowest BCUT2D eigenvalue weighted by atomic mass is 10.1. The van der Waals surface area contributed by atoms with Crippen LogP contribution in [0.5, 0.6) is 17.2 Å². The van der Waals surface area contributed by atoms with Crippen molar-refractivity contribution in [2.45, 2.75) is 26.5 Å². The Morgan fingerprint density at radius 1 is 1.29 bits per heavy atom. The van der Waals surface area contributed by atoms with Crippen LogP contribution in [0.4, 0.5) is 8.78 Å². The van der Waals surface area contributed by atoms with Crippen molar-refractivity contribution in [1.82, 2.24) is 10.6 Å². The molecule has 0 bridgehead atoms. The lowest BCUT2D eigenvalue weighted by Crippen LogP contribution is -2.39. The molecule has 152 valence electrons. The lowest BCUT2D eigenvalue weighted by molar-refractivity contribution is -0.0505. The fourth-order valence-electron chi connectivity index (χ4n) is 2.82. The van der Waals surface area contributed by atoms with Gasteiger partial charge in [0.1, 0.15) is 5.75 Å². The Hall–Kier alpha value is -2.55. The molecule has 1 aromatic carbocycles. The Bertz CT molecular complexity index is 800. The summed E-state index contributed by atoms with van der Waals surface area (Å²) >= 11 is 1.74. The summed E-state index contributed by atoms with van der Waals surface area (Å²) in [5.74, 6) is 1.95. The van der Waals surface area contributed by atoms with E-state index in [-0.39, 0.29) is 19.1 Å². The van der Waals surface area contributed by atoms with E-state index in [0.717, 1.165) is 13.0 Å². The van der Waals surface area contributed by atoms with Crippen LogP contribution in [0, 0.1) is 5.92 Å². The molecule has 0 fully saturated rings. The summed E-state index contributed by atoms with van der Waals surface area (Å²) in [7, 11) is 1.66. The van der Waals surface area contributed by atoms with Gasteiger partial charge in [0.2, 0.25) is 6.79 Å². The lowest BCUT2D eigenvalue weighted by Gasteiger charge is -2.17. The smallest absolute Gasteiger partial charge is 0.387 e. The van der Waals surface area contributed by atoms with Gasteiger partial charge in [0.15, 0.2) is 17.5 Å². The minimum Gasteiger partial charge on any atom is -0.454 e. The summed E-state index contributed by atoms with van der Waals surface area (Å²) in [5, 5.41) is 8.46. The monoisotopic (exact) mass is 411 g/mol. The van der Waals surface area contributed by atoms with E-state index in [1.807, 2.05) is 6.07 Å². The Morgan fingerprint density at radius 2 is 2.07 bits per heavy atom. The third-order valence-corrected chi connectivity index (χ3v) is 5.09. The Labute approximate surface area is 166 Å². The van der Waals surface area contributed by atoms with Crippen LogP contribution in [0.3, 0.4) is 0 Å². The van der Waals surface area contributed by atoms with Gasteiger partial charge >= 0.3 is 6.61 Å². The zero-order valence-corrected chi connectivity index (χ0v) is 16.5. The first-order valence-corrected chi connectivity index (χ1v) is 9.77. The maximum Gasteiger partial charge on any atom is 0.387 e. The van der Waals surface area contributed by atoms with Gasteiger partial charge in [-0.1, -0.05) is 13.0 Å². The molecule has 0 saturated carbocycles. The molecule has 1 unspecified atom stereocenters. The van der Waals surface area contributed by atoms with Crippen LogP contribution in [-0.4, -0.2) is 33.0 Å². The molecule has 0 spiro atoms. The molecular weight excluding hydrogens is 388 g/mol. The molecule has 2 heterocycles. The number of hydrogen-bond donors (Lipinski definition) is 2. The van der Waals surface area contributed by atoms with Crippen molar-refractivity contribution in [2.75, 3.05) is 20.4 Å². The third-order valence-electron chi connectivity index (χ3n) is 4.19. The van der Waals surface area contributed by atoms with E-state index in [1.165, 1.54) is 10.9 Å². The number of hydrogen-bond acceptors (Lipinski definition) is 5. The van der Waals surface area contributed by atoms with Gasteiger partial charge in [-0.3, -0.25) is 4.99 Å². The number of nitrogens with one attached hydrogen (secondary N) is 2. The fraction of sp³-hybridized carbons (Fsp3) is 0.421. The summed E-state index contributed by atoms with van der Waals surface area (Å²) in [4.78, 5) is 5.53. The van der Waals surface area contributed by atoms with Gasteiger partial charge in [0.05, 0.1) is 0 Å². The largest absolute Gasteiger partial charge is 0.454 e. The Morgan fingerprint density at radius 3 is 2.75 bits per heavy atom. The molecule has 0 amide bonds. The standard InChI is InChI=1S/C19H23F2N3O3S/c1-12(6-14-4-3-5-28-14)9-23-19(22-2)24-10-13-7-16-17(26-11-25-16)8-15(13)27-18(20)21/h3-5,7-8,12,18H,6,9-11H2,1-2H3,(H2,22,23,24). The predicted molar refractivity (Wildman–Crippen MR) is 105 cm³/mol. The van der Waals surface area contributed by atoms with Crippen molar-refractivity contribution in [2.24, 2.45) is 10.9 Å². The molecular formula is C19H23F2N3O3S. The molecule has 1 aliphatic heterocycles. The number of benzene rings is 1. The highest BCUT2D eigenvalue weighted by Crippen LogP contribution is 2.38. The first-order chi connectivity index (χ1) is 13.5. The van der Waals surface area contributed by atoms with Crippen molar-refractivity contribution in [3.8, 4) is 17.2 Å². The van der Waals surface area contributed by atoms with E-state index in [2.05, 4.69) is 38.7 Å². The molecule has 0 radical (unpaired) electrons. The molecule has 3 rings (SSSR count). The van der Waals surface area contributed by atoms with Crippen LogP contribution in [0.25, 0.3) is 0 Å².